The first-order valence-corrected chi connectivity index (χ1v) is 10.3. The van der Waals surface area contributed by atoms with Gasteiger partial charge in [-0.2, -0.15) is 0 Å². The Balaban J connectivity index is 1.63. The van der Waals surface area contributed by atoms with Gasteiger partial charge in [-0.1, -0.05) is 18.2 Å². The number of hydrogen-bond acceptors (Lipinski definition) is 5. The fraction of sp³-hybridized carbons (Fsp3) is 0.429. The van der Waals surface area contributed by atoms with Crippen LogP contribution in [-0.4, -0.2) is 34.9 Å². The van der Waals surface area contributed by atoms with E-state index >= 15 is 0 Å². The number of aromatic nitrogens is 1. The van der Waals surface area contributed by atoms with Gasteiger partial charge in [0, 0.05) is 36.2 Å². The van der Waals surface area contributed by atoms with Crippen LogP contribution in [0.15, 0.2) is 35.7 Å². The minimum Gasteiger partial charge on any atom is -0.487 e. The highest BCUT2D eigenvalue weighted by Crippen LogP contribution is 2.22. The fourth-order valence-corrected chi connectivity index (χ4v) is 3.88. The Morgan fingerprint density at radius 1 is 1.48 bits per heavy atom. The molecule has 1 aliphatic heterocycles. The summed E-state index contributed by atoms with van der Waals surface area (Å²) in [6.45, 7) is 5.96. The Kier molecular flexibility index (Phi) is 6.63. The molecule has 2 N–H and O–H groups in total. The van der Waals surface area contributed by atoms with Crippen LogP contribution in [0, 0.1) is 12.8 Å². The largest absolute Gasteiger partial charge is 0.487 e. The average Bonchev–Trinajstić information content (AvgIpc) is 3.10. The predicted molar refractivity (Wildman–Crippen MR) is 110 cm³/mol. The number of benzene rings is 1. The number of rotatable bonds is 6. The Morgan fingerprint density at radius 3 is 3.04 bits per heavy atom. The van der Waals surface area contributed by atoms with Crippen LogP contribution < -0.4 is 10.5 Å². The van der Waals surface area contributed by atoms with E-state index < -0.39 is 0 Å². The molecular weight excluding hydrogens is 358 g/mol. The zero-order valence-electron chi connectivity index (χ0n) is 15.9. The van der Waals surface area contributed by atoms with Crippen LogP contribution in [0.3, 0.4) is 0 Å². The summed E-state index contributed by atoms with van der Waals surface area (Å²) in [5, 5.41) is 3.03. The first-order valence-electron chi connectivity index (χ1n) is 9.38. The summed E-state index contributed by atoms with van der Waals surface area (Å²) < 4.78 is 5.91. The number of nitrogens with two attached hydrogens (primary N) is 1. The molecule has 2 heterocycles. The van der Waals surface area contributed by atoms with Crippen LogP contribution in [0.25, 0.3) is 6.08 Å². The second kappa shape index (κ2) is 9.15. The second-order valence-corrected chi connectivity index (χ2v) is 8.13. The lowest BCUT2D eigenvalue weighted by molar-refractivity contribution is -0.127. The maximum absolute atomic E-state index is 12.6. The molecule has 0 aliphatic carbocycles. The lowest BCUT2D eigenvalue weighted by Crippen LogP contribution is -2.44. The maximum Gasteiger partial charge on any atom is 0.246 e. The predicted octanol–water partition coefficient (Wildman–Crippen LogP) is 3.63. The van der Waals surface area contributed by atoms with Crippen molar-refractivity contribution < 1.29 is 9.53 Å². The first kappa shape index (κ1) is 19.6. The highest BCUT2D eigenvalue weighted by Gasteiger charge is 2.24. The number of thiazole rings is 1. The highest BCUT2D eigenvalue weighted by atomic mass is 32.1. The van der Waals surface area contributed by atoms with E-state index in [0.717, 1.165) is 47.9 Å². The zero-order chi connectivity index (χ0) is 19.2. The molecular formula is C21H27N3O2S. The zero-order valence-corrected chi connectivity index (χ0v) is 16.7. The monoisotopic (exact) mass is 385 g/mol. The Morgan fingerprint density at radius 2 is 2.30 bits per heavy atom. The Labute approximate surface area is 164 Å². The molecule has 1 aromatic carbocycles. The number of amides is 1. The van der Waals surface area contributed by atoms with Crippen molar-refractivity contribution in [3.05, 3.63) is 52.0 Å². The minimum atomic E-state index is 0.0327. The van der Waals surface area contributed by atoms with Crippen molar-refractivity contribution in [3.63, 3.8) is 0 Å². The molecule has 0 saturated carbocycles. The number of nitrogens with zero attached hydrogens (tertiary/aromatic N) is 2. The Hall–Kier alpha value is -2.18. The molecule has 5 nitrogen and oxygen atoms in total. The van der Waals surface area contributed by atoms with E-state index in [9.17, 15) is 4.79 Å². The van der Waals surface area contributed by atoms with E-state index in [-0.39, 0.29) is 11.9 Å². The number of carbonyl (C=O) groups is 1. The van der Waals surface area contributed by atoms with Crippen LogP contribution in [-0.2, 0) is 11.4 Å². The molecule has 6 heteroatoms. The summed E-state index contributed by atoms with van der Waals surface area (Å²) in [5.74, 6) is 1.16. The normalized spacial score (nSPS) is 18.6. The van der Waals surface area contributed by atoms with E-state index in [2.05, 4.69) is 4.98 Å². The number of para-hydroxylation sites is 1. The molecule has 0 radical (unpaired) electrons. The second-order valence-electron chi connectivity index (χ2n) is 7.06. The third kappa shape index (κ3) is 5.40. The van der Waals surface area contributed by atoms with Gasteiger partial charge in [0.15, 0.2) is 0 Å². The summed E-state index contributed by atoms with van der Waals surface area (Å²) in [7, 11) is 0. The molecule has 0 spiro atoms. The van der Waals surface area contributed by atoms with Crippen LogP contribution in [0.4, 0.5) is 0 Å². The molecule has 1 aromatic heterocycles. The summed E-state index contributed by atoms with van der Waals surface area (Å²) in [4.78, 5) is 18.9. The number of piperidine rings is 1. The number of ether oxygens (including phenoxy) is 1. The first-order chi connectivity index (χ1) is 13.0. The SMILES string of the molecule is Cc1nc(COc2ccccc2/C=C/C(=O)N2CCCC(C(C)N)C2)cs1. The van der Waals surface area contributed by atoms with Crippen LogP contribution in [0.1, 0.15) is 36.0 Å². The van der Waals surface area contributed by atoms with Crippen LogP contribution in [0.2, 0.25) is 0 Å². The van der Waals surface area contributed by atoms with Gasteiger partial charge in [-0.15, -0.1) is 11.3 Å². The van der Waals surface area contributed by atoms with E-state index in [1.54, 1.807) is 17.4 Å². The lowest BCUT2D eigenvalue weighted by atomic mass is 9.92. The van der Waals surface area contributed by atoms with Gasteiger partial charge in [-0.05, 0) is 44.7 Å². The molecule has 2 atom stereocenters. The van der Waals surface area contributed by atoms with Gasteiger partial charge in [0.25, 0.3) is 0 Å². The third-order valence-corrected chi connectivity index (χ3v) is 5.70. The van der Waals surface area contributed by atoms with E-state index in [4.69, 9.17) is 10.5 Å². The van der Waals surface area contributed by atoms with E-state index in [0.29, 0.717) is 12.5 Å². The molecule has 2 unspecified atom stereocenters. The van der Waals surface area contributed by atoms with Gasteiger partial charge < -0.3 is 15.4 Å². The number of carbonyl (C=O) groups excluding carboxylic acids is 1. The summed E-state index contributed by atoms with van der Waals surface area (Å²) >= 11 is 1.61. The summed E-state index contributed by atoms with van der Waals surface area (Å²) in [6.07, 6.45) is 5.58. The van der Waals surface area contributed by atoms with Gasteiger partial charge in [-0.3, -0.25) is 4.79 Å². The minimum absolute atomic E-state index is 0.0327. The van der Waals surface area contributed by atoms with Gasteiger partial charge in [0.2, 0.25) is 5.91 Å². The van der Waals surface area contributed by atoms with Gasteiger partial charge in [0.05, 0.1) is 10.7 Å². The number of hydrogen-bond donors (Lipinski definition) is 1. The van der Waals surface area contributed by atoms with E-state index in [1.807, 2.05) is 54.5 Å². The van der Waals surface area contributed by atoms with E-state index in [1.165, 1.54) is 0 Å². The van der Waals surface area contributed by atoms with Crippen LogP contribution >= 0.6 is 11.3 Å². The van der Waals surface area contributed by atoms with Crippen molar-refractivity contribution in [3.8, 4) is 5.75 Å². The molecule has 3 rings (SSSR count). The third-order valence-electron chi connectivity index (χ3n) is 4.88. The van der Waals surface area contributed by atoms with Crippen molar-refractivity contribution in [2.45, 2.75) is 39.3 Å². The molecule has 27 heavy (non-hydrogen) atoms. The maximum atomic E-state index is 12.6. The molecule has 1 amide bonds. The topological polar surface area (TPSA) is 68.5 Å². The van der Waals surface area contributed by atoms with Gasteiger partial charge in [-0.25, -0.2) is 4.98 Å². The smallest absolute Gasteiger partial charge is 0.246 e. The standard InChI is InChI=1S/C21H27N3O2S/c1-15(22)18-7-5-11-24(12-18)21(25)10-9-17-6-3-4-8-20(17)26-13-19-14-27-16(2)23-19/h3-4,6,8-10,14-15,18H,5,7,11-13,22H2,1-2H3/b10-9+. The van der Waals surface area contributed by atoms with Crippen LogP contribution in [0.5, 0.6) is 5.75 Å². The van der Waals surface area contributed by atoms with Crippen molar-refractivity contribution in [2.75, 3.05) is 13.1 Å². The van der Waals surface area contributed by atoms with Crippen molar-refractivity contribution in [1.29, 1.82) is 0 Å². The average molecular weight is 386 g/mol. The molecule has 0 bridgehead atoms. The highest BCUT2D eigenvalue weighted by molar-refractivity contribution is 7.09. The molecule has 1 fully saturated rings. The number of likely N-dealkylation sites (tertiary alicyclic amines) is 1. The summed E-state index contributed by atoms with van der Waals surface area (Å²) in [6, 6.07) is 7.85. The van der Waals surface area contributed by atoms with Gasteiger partial charge in [0.1, 0.15) is 12.4 Å². The lowest BCUT2D eigenvalue weighted by Gasteiger charge is -2.34. The molecule has 1 saturated heterocycles. The van der Waals surface area contributed by atoms with Crippen molar-refractivity contribution in [1.82, 2.24) is 9.88 Å². The Bertz CT molecular complexity index is 800. The van der Waals surface area contributed by atoms with Crippen molar-refractivity contribution >= 4 is 23.3 Å². The van der Waals surface area contributed by atoms with Crippen molar-refractivity contribution in [2.24, 2.45) is 11.7 Å². The quantitative estimate of drug-likeness (QED) is 0.771. The summed E-state index contributed by atoms with van der Waals surface area (Å²) in [5.41, 5.74) is 7.83. The molecule has 2 aromatic rings. The number of aryl methyl sites for hydroxylation is 1. The fourth-order valence-electron chi connectivity index (χ4n) is 3.28. The molecule has 1 aliphatic rings. The van der Waals surface area contributed by atoms with Gasteiger partial charge >= 0.3 is 0 Å². The molecule has 144 valence electrons.